The van der Waals surface area contributed by atoms with Gasteiger partial charge in [-0.05, 0) is 12.9 Å². The maximum absolute atomic E-state index is 11.4. The van der Waals surface area contributed by atoms with Gasteiger partial charge in [0.2, 0.25) is 0 Å². The lowest BCUT2D eigenvalue weighted by molar-refractivity contribution is 0.375. The normalized spacial score (nSPS) is 14.5. The lowest BCUT2D eigenvalue weighted by Gasteiger charge is -1.93. The molecule has 0 aliphatic carbocycles. The predicted molar refractivity (Wildman–Crippen MR) is 25.1 cm³/mol. The highest BCUT2D eigenvalue weighted by Gasteiger charge is 1.99. The van der Waals surface area contributed by atoms with Crippen LogP contribution in [-0.2, 0) is 8.49 Å². The third-order valence-corrected chi connectivity index (χ3v) is 1.01. The topological polar surface area (TPSA) is 18.5 Å². The molecule has 0 aliphatic rings. The zero-order valence-electron chi connectivity index (χ0n) is 3.09. The van der Waals surface area contributed by atoms with Crippen molar-refractivity contribution in [3.05, 3.63) is 0 Å². The molecule has 6 heavy (non-hydrogen) atoms. The summed E-state index contributed by atoms with van der Waals surface area (Å²) >= 11 is 3.12. The first-order valence-electron chi connectivity index (χ1n) is 1.13. The average Bonchev–Trinajstić information content (AvgIpc) is 1.65. The Morgan fingerprint density at radius 3 is 2.33 bits per heavy atom. The molecule has 1 unspecified atom stereocenters. The Morgan fingerprint density at radius 1 is 1.83 bits per heavy atom. The van der Waals surface area contributed by atoms with Gasteiger partial charge in [-0.1, -0.05) is 0 Å². The highest BCUT2D eigenvalue weighted by Crippen LogP contribution is 2.39. The summed E-state index contributed by atoms with van der Waals surface area (Å²) in [6, 6.07) is 0. The van der Waals surface area contributed by atoms with Crippen LogP contribution in [0.1, 0.15) is 0 Å². The molecule has 0 rings (SSSR count). The number of hydrogen-bond acceptors (Lipinski definition) is 3. The van der Waals surface area contributed by atoms with Crippen molar-refractivity contribution in [3.8, 4) is 0 Å². The van der Waals surface area contributed by atoms with Gasteiger partial charge in [0.25, 0.3) is 0 Å². The molecule has 0 fully saturated rings. The van der Waals surface area contributed by atoms with Crippen molar-refractivity contribution in [3.63, 3.8) is 0 Å². The fraction of sp³-hybridized carbons (Fsp3) is 1.00. The van der Waals surface area contributed by atoms with E-state index in [1.165, 1.54) is 7.11 Å². The second-order valence-corrected chi connectivity index (χ2v) is 1.92. The summed E-state index contributed by atoms with van der Waals surface area (Å²) in [6.07, 6.45) is 0. The van der Waals surface area contributed by atoms with Gasteiger partial charge in [-0.25, -0.2) is 3.97 Å². The Bertz CT molecular complexity index is 32.7. The van der Waals surface area contributed by atoms with Gasteiger partial charge in [-0.3, -0.25) is 0 Å². The molecule has 0 bridgehead atoms. The fourth-order valence-corrected chi connectivity index (χ4v) is 0.300. The van der Waals surface area contributed by atoms with Gasteiger partial charge in [0.1, 0.15) is 0 Å². The lowest BCUT2D eigenvalue weighted by Crippen LogP contribution is -1.64. The molecule has 0 radical (unpaired) electrons. The molecule has 0 N–H and O–H groups in total. The minimum atomic E-state index is -2.21. The van der Waals surface area contributed by atoms with E-state index in [0.29, 0.717) is 0 Å². The van der Waals surface area contributed by atoms with Crippen molar-refractivity contribution in [2.45, 2.75) is 0 Å². The summed E-state index contributed by atoms with van der Waals surface area (Å²) < 4.78 is 19.2. The molecule has 2 nitrogen and oxygen atoms in total. The Morgan fingerprint density at radius 2 is 2.33 bits per heavy atom. The van der Waals surface area contributed by atoms with Crippen LogP contribution < -0.4 is 0 Å². The van der Waals surface area contributed by atoms with Crippen LogP contribution in [0.15, 0.2) is 0 Å². The van der Waals surface area contributed by atoms with E-state index in [4.69, 9.17) is 0 Å². The van der Waals surface area contributed by atoms with E-state index >= 15 is 0 Å². The average molecular weight is 130 g/mol. The summed E-state index contributed by atoms with van der Waals surface area (Å²) in [6.45, 7) is 0. The van der Waals surface area contributed by atoms with Crippen molar-refractivity contribution in [1.82, 2.24) is 0 Å². The highest BCUT2D eigenvalue weighted by atomic mass is 32.1. The number of hydrogen-bond donors (Lipinski definition) is 1. The molecule has 0 spiro atoms. The van der Waals surface area contributed by atoms with Crippen LogP contribution in [0.25, 0.3) is 0 Å². The molecule has 0 saturated carbocycles. The van der Waals surface area contributed by atoms with Crippen LogP contribution >= 0.6 is 21.6 Å². The smallest absolute Gasteiger partial charge is 0.312 e. The van der Waals surface area contributed by atoms with Crippen LogP contribution in [0, 0.1) is 0 Å². The standard InChI is InChI=1S/CH4FO2PS/c1-3-5(2)4-6/h6H,1H3. The fourth-order valence-electron chi connectivity index (χ4n) is 0.0333. The van der Waals surface area contributed by atoms with Crippen LogP contribution in [0.2, 0.25) is 0 Å². The molecule has 0 aliphatic heterocycles. The van der Waals surface area contributed by atoms with Gasteiger partial charge < -0.3 is 4.52 Å². The predicted octanol–water partition coefficient (Wildman–Crippen LogP) is 1.69. The molecule has 0 amide bonds. The SMILES string of the molecule is COP(F)OS. The first-order valence-corrected chi connectivity index (χ1v) is 2.56. The zero-order valence-corrected chi connectivity index (χ0v) is 4.88. The Hall–Kier alpha value is 0.630. The molecule has 5 heteroatoms. The van der Waals surface area contributed by atoms with Gasteiger partial charge >= 0.3 is 8.69 Å². The third-order valence-electron chi connectivity index (χ3n) is 0.208. The maximum atomic E-state index is 11.4. The van der Waals surface area contributed by atoms with E-state index in [1.807, 2.05) is 0 Å². The molecule has 38 valence electrons. The van der Waals surface area contributed by atoms with Crippen molar-refractivity contribution in [2.75, 3.05) is 7.11 Å². The Labute approximate surface area is 42.3 Å². The number of halogens is 1. The lowest BCUT2D eigenvalue weighted by atomic mass is 11.8. The van der Waals surface area contributed by atoms with Crippen LogP contribution in [-0.4, -0.2) is 7.11 Å². The van der Waals surface area contributed by atoms with Crippen LogP contribution in [0.4, 0.5) is 4.20 Å². The zero-order chi connectivity index (χ0) is 4.99. The van der Waals surface area contributed by atoms with Crippen LogP contribution in [0.3, 0.4) is 0 Å². The van der Waals surface area contributed by atoms with Gasteiger partial charge in [0.15, 0.2) is 0 Å². The van der Waals surface area contributed by atoms with E-state index in [0.717, 1.165) is 0 Å². The second kappa shape index (κ2) is 3.81. The van der Waals surface area contributed by atoms with E-state index in [9.17, 15) is 4.20 Å². The summed E-state index contributed by atoms with van der Waals surface area (Å²) in [5, 5.41) is 0. The van der Waals surface area contributed by atoms with Crippen molar-refractivity contribution in [1.29, 1.82) is 0 Å². The second-order valence-electron chi connectivity index (χ2n) is 0.477. The molecule has 0 heterocycles. The Kier molecular flexibility index (Phi) is 4.21. The summed E-state index contributed by atoms with van der Waals surface area (Å²) in [7, 11) is -1.00. The van der Waals surface area contributed by atoms with E-state index < -0.39 is 8.69 Å². The van der Waals surface area contributed by atoms with Crippen molar-refractivity contribution in [2.24, 2.45) is 0 Å². The van der Waals surface area contributed by atoms with Crippen molar-refractivity contribution < 1.29 is 12.7 Å². The first-order chi connectivity index (χ1) is 2.81. The van der Waals surface area contributed by atoms with E-state index in [2.05, 4.69) is 21.4 Å². The Balaban J connectivity index is 2.75. The van der Waals surface area contributed by atoms with Gasteiger partial charge in [-0.2, -0.15) is 4.20 Å². The van der Waals surface area contributed by atoms with E-state index in [-0.39, 0.29) is 0 Å². The highest BCUT2D eigenvalue weighted by molar-refractivity contribution is 7.79. The van der Waals surface area contributed by atoms with Crippen molar-refractivity contribution >= 4 is 21.6 Å². The molecule has 0 aromatic rings. The minimum absolute atomic E-state index is 1.21. The molecule has 0 aromatic heterocycles. The minimum Gasteiger partial charge on any atom is -0.312 e. The molecular weight excluding hydrogens is 126 g/mol. The molecule has 0 saturated heterocycles. The molecular formula is CH4FO2PS. The maximum Gasteiger partial charge on any atom is 0.386 e. The number of rotatable bonds is 2. The summed E-state index contributed by atoms with van der Waals surface area (Å²) in [5.41, 5.74) is 0. The van der Waals surface area contributed by atoms with Crippen LogP contribution in [0.5, 0.6) is 0 Å². The third kappa shape index (κ3) is 2.85. The monoisotopic (exact) mass is 130 g/mol. The molecule has 0 aromatic carbocycles. The number of thiol groups is 1. The van der Waals surface area contributed by atoms with Gasteiger partial charge in [-0.15, -0.1) is 0 Å². The largest absolute Gasteiger partial charge is 0.386 e. The first kappa shape index (κ1) is 6.63. The van der Waals surface area contributed by atoms with E-state index in [1.54, 1.807) is 0 Å². The summed E-state index contributed by atoms with van der Waals surface area (Å²) in [5.74, 6) is 0. The van der Waals surface area contributed by atoms with Gasteiger partial charge in [0.05, 0.1) is 0 Å². The summed E-state index contributed by atoms with van der Waals surface area (Å²) in [4.78, 5) is 0. The quantitative estimate of drug-likeness (QED) is 0.348. The molecule has 1 atom stereocenters. The van der Waals surface area contributed by atoms with Gasteiger partial charge in [0, 0.05) is 7.11 Å².